The van der Waals surface area contributed by atoms with Crippen LogP contribution in [0.15, 0.2) is 24.3 Å². The number of nitrogens with two attached hydrogens (primary N) is 1. The number of aromatic nitrogens is 2. The van der Waals surface area contributed by atoms with Gasteiger partial charge in [0.25, 0.3) is 0 Å². The van der Waals surface area contributed by atoms with Crippen LogP contribution in [0.2, 0.25) is 0 Å². The molecule has 2 aromatic rings. The maximum absolute atomic E-state index is 13.1. The third kappa shape index (κ3) is 2.30. The van der Waals surface area contributed by atoms with Gasteiger partial charge in [-0.25, -0.2) is 4.39 Å². The Kier molecular flexibility index (Phi) is 3.23. The summed E-state index contributed by atoms with van der Waals surface area (Å²) in [6.07, 6.45) is 0. The fraction of sp³-hybridized carbons (Fsp3) is 0.308. The molecule has 96 valence electrons. The maximum atomic E-state index is 13.1. The van der Waals surface area contributed by atoms with E-state index in [1.807, 2.05) is 32.0 Å². The molecule has 18 heavy (non-hydrogen) atoms. The lowest BCUT2D eigenvalue weighted by molar-refractivity contribution is 0.624. The van der Waals surface area contributed by atoms with Crippen LogP contribution in [0.4, 0.5) is 15.9 Å². The summed E-state index contributed by atoms with van der Waals surface area (Å²) in [6.45, 7) is 2.45. The van der Waals surface area contributed by atoms with E-state index in [1.165, 1.54) is 12.1 Å². The van der Waals surface area contributed by atoms with Gasteiger partial charge in [-0.05, 0) is 24.6 Å². The molecule has 0 saturated heterocycles. The summed E-state index contributed by atoms with van der Waals surface area (Å²) in [6, 6.07) is 6.55. The third-order valence-electron chi connectivity index (χ3n) is 2.91. The average molecular weight is 248 g/mol. The molecule has 0 atom stereocenters. The SMILES string of the molecule is Cc1nn(C)c(N(C)Cc2cccc(F)c2)c1N. The van der Waals surface area contributed by atoms with Crippen molar-refractivity contribution in [1.82, 2.24) is 9.78 Å². The standard InChI is InChI=1S/C13H17FN4/c1-9-12(15)13(18(3)16-9)17(2)8-10-5-4-6-11(14)7-10/h4-7H,8,15H2,1-3H3. The highest BCUT2D eigenvalue weighted by Crippen LogP contribution is 2.25. The van der Waals surface area contributed by atoms with Gasteiger partial charge in [0.1, 0.15) is 11.6 Å². The fourth-order valence-corrected chi connectivity index (χ4v) is 2.10. The zero-order valence-electron chi connectivity index (χ0n) is 10.8. The highest BCUT2D eigenvalue weighted by Gasteiger charge is 2.14. The van der Waals surface area contributed by atoms with Crippen molar-refractivity contribution in [1.29, 1.82) is 0 Å². The van der Waals surface area contributed by atoms with E-state index in [9.17, 15) is 4.39 Å². The van der Waals surface area contributed by atoms with Crippen LogP contribution in [-0.2, 0) is 13.6 Å². The number of rotatable bonds is 3. The number of aryl methyl sites for hydroxylation is 2. The van der Waals surface area contributed by atoms with Gasteiger partial charge in [-0.3, -0.25) is 4.68 Å². The number of anilines is 2. The summed E-state index contributed by atoms with van der Waals surface area (Å²) in [7, 11) is 3.76. The van der Waals surface area contributed by atoms with Gasteiger partial charge in [0.2, 0.25) is 0 Å². The molecular weight excluding hydrogens is 231 g/mol. The maximum Gasteiger partial charge on any atom is 0.150 e. The van der Waals surface area contributed by atoms with Crippen LogP contribution in [0, 0.1) is 12.7 Å². The van der Waals surface area contributed by atoms with Crippen molar-refractivity contribution in [3.05, 3.63) is 41.3 Å². The Bertz CT molecular complexity index is 562. The van der Waals surface area contributed by atoms with Gasteiger partial charge < -0.3 is 10.6 Å². The van der Waals surface area contributed by atoms with Crippen LogP contribution < -0.4 is 10.6 Å². The number of benzene rings is 1. The zero-order chi connectivity index (χ0) is 13.3. The molecule has 0 saturated carbocycles. The third-order valence-corrected chi connectivity index (χ3v) is 2.91. The Morgan fingerprint density at radius 3 is 2.72 bits per heavy atom. The zero-order valence-corrected chi connectivity index (χ0v) is 10.8. The van der Waals surface area contributed by atoms with Crippen molar-refractivity contribution < 1.29 is 4.39 Å². The molecule has 1 heterocycles. The molecule has 0 aliphatic rings. The molecule has 4 nitrogen and oxygen atoms in total. The van der Waals surface area contributed by atoms with Crippen LogP contribution in [0.25, 0.3) is 0 Å². The van der Waals surface area contributed by atoms with Crippen molar-refractivity contribution in [2.75, 3.05) is 17.7 Å². The quantitative estimate of drug-likeness (QED) is 0.904. The molecule has 1 aromatic heterocycles. The van der Waals surface area contributed by atoms with E-state index in [2.05, 4.69) is 5.10 Å². The molecule has 0 aliphatic heterocycles. The van der Waals surface area contributed by atoms with Crippen molar-refractivity contribution in [3.63, 3.8) is 0 Å². The molecule has 0 fully saturated rings. The van der Waals surface area contributed by atoms with Crippen LogP contribution in [0.3, 0.4) is 0 Å². The summed E-state index contributed by atoms with van der Waals surface area (Å²) in [5.74, 6) is 0.617. The minimum atomic E-state index is -0.227. The number of nitrogen functional groups attached to an aromatic ring is 1. The average Bonchev–Trinajstić information content (AvgIpc) is 2.53. The van der Waals surface area contributed by atoms with E-state index in [0.29, 0.717) is 12.2 Å². The minimum absolute atomic E-state index is 0.227. The van der Waals surface area contributed by atoms with Crippen LogP contribution in [0.5, 0.6) is 0 Å². The second-order valence-electron chi connectivity index (χ2n) is 4.43. The van der Waals surface area contributed by atoms with E-state index < -0.39 is 0 Å². The first kappa shape index (κ1) is 12.4. The summed E-state index contributed by atoms with van der Waals surface area (Å²) >= 11 is 0. The van der Waals surface area contributed by atoms with E-state index in [-0.39, 0.29) is 5.82 Å². The first-order valence-electron chi connectivity index (χ1n) is 5.73. The molecule has 0 spiro atoms. The van der Waals surface area contributed by atoms with Crippen molar-refractivity contribution >= 4 is 11.5 Å². The molecule has 0 bridgehead atoms. The Morgan fingerprint density at radius 2 is 2.17 bits per heavy atom. The number of nitrogens with zero attached hydrogens (tertiary/aromatic N) is 3. The van der Waals surface area contributed by atoms with Gasteiger partial charge in [0, 0.05) is 20.6 Å². The topological polar surface area (TPSA) is 47.1 Å². The summed E-state index contributed by atoms with van der Waals surface area (Å²) in [4.78, 5) is 1.96. The fourth-order valence-electron chi connectivity index (χ4n) is 2.10. The van der Waals surface area contributed by atoms with Gasteiger partial charge in [-0.15, -0.1) is 0 Å². The Labute approximate surface area is 106 Å². The van der Waals surface area contributed by atoms with E-state index in [1.54, 1.807) is 10.7 Å². The molecule has 1 aromatic carbocycles. The highest BCUT2D eigenvalue weighted by molar-refractivity contribution is 5.65. The second kappa shape index (κ2) is 4.68. The minimum Gasteiger partial charge on any atom is -0.394 e. The first-order chi connectivity index (χ1) is 8.49. The molecule has 5 heteroatoms. The van der Waals surface area contributed by atoms with Gasteiger partial charge in [-0.2, -0.15) is 5.10 Å². The van der Waals surface area contributed by atoms with Crippen LogP contribution in [-0.4, -0.2) is 16.8 Å². The lowest BCUT2D eigenvalue weighted by Gasteiger charge is -2.20. The van der Waals surface area contributed by atoms with E-state index >= 15 is 0 Å². The van der Waals surface area contributed by atoms with Crippen LogP contribution >= 0.6 is 0 Å². The van der Waals surface area contributed by atoms with Crippen molar-refractivity contribution in [2.24, 2.45) is 7.05 Å². The normalized spacial score (nSPS) is 10.7. The largest absolute Gasteiger partial charge is 0.394 e. The highest BCUT2D eigenvalue weighted by atomic mass is 19.1. The molecule has 0 aliphatic carbocycles. The predicted molar refractivity (Wildman–Crippen MR) is 70.9 cm³/mol. The van der Waals surface area contributed by atoms with Crippen LogP contribution in [0.1, 0.15) is 11.3 Å². The number of hydrogen-bond acceptors (Lipinski definition) is 3. The smallest absolute Gasteiger partial charge is 0.150 e. The van der Waals surface area contributed by atoms with Crippen molar-refractivity contribution in [3.8, 4) is 0 Å². The Balaban J connectivity index is 2.24. The molecule has 0 amide bonds. The Hall–Kier alpha value is -2.04. The molecule has 0 radical (unpaired) electrons. The number of halogens is 1. The van der Waals surface area contributed by atoms with E-state index in [4.69, 9.17) is 5.73 Å². The summed E-state index contributed by atoms with van der Waals surface area (Å²) in [5, 5.41) is 4.27. The molecular formula is C13H17FN4. The van der Waals surface area contributed by atoms with Gasteiger partial charge in [0.05, 0.1) is 11.4 Å². The molecule has 0 unspecified atom stereocenters. The predicted octanol–water partition coefficient (Wildman–Crippen LogP) is 2.09. The van der Waals surface area contributed by atoms with Gasteiger partial charge in [0.15, 0.2) is 0 Å². The lowest BCUT2D eigenvalue weighted by Crippen LogP contribution is -2.20. The molecule has 2 rings (SSSR count). The van der Waals surface area contributed by atoms with Gasteiger partial charge in [-0.1, -0.05) is 12.1 Å². The second-order valence-corrected chi connectivity index (χ2v) is 4.43. The summed E-state index contributed by atoms with van der Waals surface area (Å²) < 4.78 is 14.9. The lowest BCUT2D eigenvalue weighted by atomic mass is 10.2. The monoisotopic (exact) mass is 248 g/mol. The Morgan fingerprint density at radius 1 is 1.44 bits per heavy atom. The first-order valence-corrected chi connectivity index (χ1v) is 5.73. The van der Waals surface area contributed by atoms with E-state index in [0.717, 1.165) is 17.1 Å². The van der Waals surface area contributed by atoms with Crippen molar-refractivity contribution in [2.45, 2.75) is 13.5 Å². The summed E-state index contributed by atoms with van der Waals surface area (Å²) in [5.41, 5.74) is 8.36. The number of hydrogen-bond donors (Lipinski definition) is 1. The van der Waals surface area contributed by atoms with Gasteiger partial charge >= 0.3 is 0 Å². The molecule has 2 N–H and O–H groups in total.